The molecular formula is C14H23FN2. The highest BCUT2D eigenvalue weighted by Crippen LogP contribution is 2.07. The molecule has 1 rings (SSSR count). The first kappa shape index (κ1) is 14.0. The Hall–Kier alpha value is -1.09. The summed E-state index contributed by atoms with van der Waals surface area (Å²) in [5.41, 5.74) is 0.986. The SMILES string of the molecule is CCCN(CCC)CCNc1ccc(F)cc1. The molecule has 1 aromatic carbocycles. The number of halogens is 1. The summed E-state index contributed by atoms with van der Waals surface area (Å²) in [4.78, 5) is 2.45. The third-order valence-electron chi connectivity index (χ3n) is 2.68. The highest BCUT2D eigenvalue weighted by molar-refractivity contribution is 5.42. The first-order valence-electron chi connectivity index (χ1n) is 6.48. The van der Waals surface area contributed by atoms with Gasteiger partial charge in [-0.15, -0.1) is 0 Å². The van der Waals surface area contributed by atoms with Crippen LogP contribution in [0.15, 0.2) is 24.3 Å². The maximum Gasteiger partial charge on any atom is 0.123 e. The van der Waals surface area contributed by atoms with Crippen LogP contribution in [0.5, 0.6) is 0 Å². The van der Waals surface area contributed by atoms with Gasteiger partial charge in [0.15, 0.2) is 0 Å². The monoisotopic (exact) mass is 238 g/mol. The lowest BCUT2D eigenvalue weighted by Crippen LogP contribution is -2.30. The fraction of sp³-hybridized carbons (Fsp3) is 0.571. The quantitative estimate of drug-likeness (QED) is 0.747. The summed E-state index contributed by atoms with van der Waals surface area (Å²) in [6, 6.07) is 6.52. The molecule has 17 heavy (non-hydrogen) atoms. The predicted molar refractivity (Wildman–Crippen MR) is 71.9 cm³/mol. The topological polar surface area (TPSA) is 15.3 Å². The Bertz CT molecular complexity index is 292. The summed E-state index contributed by atoms with van der Waals surface area (Å²) in [6.07, 6.45) is 2.38. The largest absolute Gasteiger partial charge is 0.384 e. The van der Waals surface area contributed by atoms with Gasteiger partial charge in [-0.25, -0.2) is 4.39 Å². The second kappa shape index (κ2) is 8.07. The first-order chi connectivity index (χ1) is 8.26. The van der Waals surface area contributed by atoms with E-state index in [0.29, 0.717) is 0 Å². The Kier molecular flexibility index (Phi) is 6.63. The van der Waals surface area contributed by atoms with Crippen LogP contribution >= 0.6 is 0 Å². The van der Waals surface area contributed by atoms with E-state index in [1.807, 2.05) is 0 Å². The van der Waals surface area contributed by atoms with Crippen molar-refractivity contribution in [2.75, 3.05) is 31.5 Å². The fourth-order valence-corrected chi connectivity index (χ4v) is 1.89. The van der Waals surface area contributed by atoms with Gasteiger partial charge in [-0.1, -0.05) is 13.8 Å². The van der Waals surface area contributed by atoms with Crippen LogP contribution in [0.2, 0.25) is 0 Å². The maximum atomic E-state index is 12.7. The highest BCUT2D eigenvalue weighted by Gasteiger charge is 2.01. The second-order valence-electron chi connectivity index (χ2n) is 4.28. The van der Waals surface area contributed by atoms with E-state index in [1.54, 1.807) is 12.1 Å². The van der Waals surface area contributed by atoms with Crippen molar-refractivity contribution in [1.82, 2.24) is 4.90 Å². The van der Waals surface area contributed by atoms with Crippen molar-refractivity contribution in [3.63, 3.8) is 0 Å². The molecule has 1 aromatic rings. The van der Waals surface area contributed by atoms with Gasteiger partial charge in [0.25, 0.3) is 0 Å². The molecule has 0 aliphatic heterocycles. The van der Waals surface area contributed by atoms with E-state index < -0.39 is 0 Å². The van der Waals surface area contributed by atoms with Crippen LogP contribution in [0.4, 0.5) is 10.1 Å². The zero-order valence-corrected chi connectivity index (χ0v) is 10.9. The molecule has 0 heterocycles. The van der Waals surface area contributed by atoms with E-state index in [-0.39, 0.29) is 5.82 Å². The van der Waals surface area contributed by atoms with E-state index in [9.17, 15) is 4.39 Å². The molecule has 96 valence electrons. The smallest absolute Gasteiger partial charge is 0.123 e. The number of hydrogen-bond acceptors (Lipinski definition) is 2. The molecule has 0 amide bonds. The van der Waals surface area contributed by atoms with Crippen LogP contribution in [-0.4, -0.2) is 31.1 Å². The molecule has 0 atom stereocenters. The summed E-state index contributed by atoms with van der Waals surface area (Å²) >= 11 is 0. The molecule has 0 fully saturated rings. The van der Waals surface area contributed by atoms with Crippen LogP contribution in [0.1, 0.15) is 26.7 Å². The zero-order chi connectivity index (χ0) is 12.5. The van der Waals surface area contributed by atoms with E-state index in [2.05, 4.69) is 24.1 Å². The van der Waals surface area contributed by atoms with Crippen LogP contribution in [0, 0.1) is 5.82 Å². The molecule has 3 heteroatoms. The minimum absolute atomic E-state index is 0.186. The summed E-state index contributed by atoms with van der Waals surface area (Å²) in [6.45, 7) is 8.66. The Balaban J connectivity index is 2.27. The van der Waals surface area contributed by atoms with Crippen LogP contribution in [0.25, 0.3) is 0 Å². The maximum absolute atomic E-state index is 12.7. The van der Waals surface area contributed by atoms with Crippen LogP contribution in [-0.2, 0) is 0 Å². The first-order valence-corrected chi connectivity index (χ1v) is 6.48. The van der Waals surface area contributed by atoms with Gasteiger partial charge in [0.1, 0.15) is 5.82 Å². The lowest BCUT2D eigenvalue weighted by atomic mass is 10.3. The summed E-state index contributed by atoms with van der Waals surface area (Å²) in [7, 11) is 0. The van der Waals surface area contributed by atoms with Crippen LogP contribution in [0.3, 0.4) is 0 Å². The lowest BCUT2D eigenvalue weighted by molar-refractivity contribution is 0.285. The highest BCUT2D eigenvalue weighted by atomic mass is 19.1. The molecule has 0 radical (unpaired) electrons. The van der Waals surface area contributed by atoms with Crippen LogP contribution < -0.4 is 5.32 Å². The number of nitrogens with one attached hydrogen (secondary N) is 1. The fourth-order valence-electron chi connectivity index (χ4n) is 1.89. The lowest BCUT2D eigenvalue weighted by Gasteiger charge is -2.21. The van der Waals surface area contributed by atoms with Crippen molar-refractivity contribution >= 4 is 5.69 Å². The van der Waals surface area contributed by atoms with Crippen molar-refractivity contribution in [1.29, 1.82) is 0 Å². The molecule has 0 aliphatic rings. The minimum atomic E-state index is -0.186. The Morgan fingerprint density at radius 2 is 1.59 bits per heavy atom. The standard InChI is InChI=1S/C14H23FN2/c1-3-10-17(11-4-2)12-9-16-14-7-5-13(15)6-8-14/h5-8,16H,3-4,9-12H2,1-2H3. The third-order valence-corrected chi connectivity index (χ3v) is 2.68. The minimum Gasteiger partial charge on any atom is -0.384 e. The zero-order valence-electron chi connectivity index (χ0n) is 10.9. The summed E-state index contributed by atoms with van der Waals surface area (Å²) < 4.78 is 12.7. The predicted octanol–water partition coefficient (Wildman–Crippen LogP) is 3.36. The van der Waals surface area contributed by atoms with E-state index >= 15 is 0 Å². The molecule has 0 saturated carbocycles. The van der Waals surface area contributed by atoms with Crippen molar-refractivity contribution in [2.24, 2.45) is 0 Å². The molecule has 0 aliphatic carbocycles. The molecule has 0 aromatic heterocycles. The van der Waals surface area contributed by atoms with Gasteiger partial charge in [-0.2, -0.15) is 0 Å². The number of rotatable bonds is 8. The molecule has 0 saturated heterocycles. The Morgan fingerprint density at radius 1 is 1.00 bits per heavy atom. The number of anilines is 1. The van der Waals surface area contributed by atoms with Gasteiger partial charge in [-0.3, -0.25) is 0 Å². The molecule has 2 nitrogen and oxygen atoms in total. The second-order valence-corrected chi connectivity index (χ2v) is 4.28. The van der Waals surface area contributed by atoms with Gasteiger partial charge in [-0.05, 0) is 50.2 Å². The molecule has 1 N–H and O–H groups in total. The van der Waals surface area contributed by atoms with E-state index in [0.717, 1.165) is 31.9 Å². The molecular weight excluding hydrogens is 215 g/mol. The van der Waals surface area contributed by atoms with Crippen molar-refractivity contribution in [3.05, 3.63) is 30.1 Å². The molecule has 0 bridgehead atoms. The Labute approximate surface area is 104 Å². The summed E-state index contributed by atoms with van der Waals surface area (Å²) in [5, 5.41) is 3.31. The number of hydrogen-bond donors (Lipinski definition) is 1. The van der Waals surface area contributed by atoms with Crippen molar-refractivity contribution < 1.29 is 4.39 Å². The summed E-state index contributed by atoms with van der Waals surface area (Å²) in [5.74, 6) is -0.186. The van der Waals surface area contributed by atoms with Gasteiger partial charge < -0.3 is 10.2 Å². The average Bonchev–Trinajstić information content (AvgIpc) is 2.32. The Morgan fingerprint density at radius 3 is 2.12 bits per heavy atom. The van der Waals surface area contributed by atoms with Crippen molar-refractivity contribution in [3.8, 4) is 0 Å². The average molecular weight is 238 g/mol. The normalized spacial score (nSPS) is 10.8. The molecule has 0 unspecified atom stereocenters. The van der Waals surface area contributed by atoms with Gasteiger partial charge in [0.05, 0.1) is 0 Å². The van der Waals surface area contributed by atoms with Gasteiger partial charge in [0, 0.05) is 18.8 Å². The number of nitrogens with zero attached hydrogens (tertiary/aromatic N) is 1. The van der Waals surface area contributed by atoms with E-state index in [1.165, 1.54) is 25.0 Å². The van der Waals surface area contributed by atoms with E-state index in [4.69, 9.17) is 0 Å². The van der Waals surface area contributed by atoms with Gasteiger partial charge >= 0.3 is 0 Å². The van der Waals surface area contributed by atoms with Gasteiger partial charge in [0.2, 0.25) is 0 Å². The third kappa shape index (κ3) is 5.68. The molecule has 0 spiro atoms. The van der Waals surface area contributed by atoms with Crippen molar-refractivity contribution in [2.45, 2.75) is 26.7 Å². The number of benzene rings is 1.